The summed E-state index contributed by atoms with van der Waals surface area (Å²) in [4.78, 5) is 24.2. The molecule has 1 aromatic rings. The summed E-state index contributed by atoms with van der Waals surface area (Å²) in [6.07, 6.45) is 0. The van der Waals surface area contributed by atoms with Crippen LogP contribution in [-0.4, -0.2) is 23.5 Å². The Morgan fingerprint density at radius 3 is 2.05 bits per heavy atom. The van der Waals surface area contributed by atoms with Crippen LogP contribution in [0.3, 0.4) is 0 Å². The number of amides is 1. The molecule has 1 amide bonds. The zero-order valence-electron chi connectivity index (χ0n) is 12.8. The van der Waals surface area contributed by atoms with Crippen LogP contribution in [0.4, 0.5) is 5.69 Å². The molecule has 4 nitrogen and oxygen atoms in total. The number of carboxylic acids is 1. The average Bonchev–Trinajstić information content (AvgIpc) is 2.34. The fourth-order valence-corrected chi connectivity index (χ4v) is 1.91. The molecule has 110 valence electrons. The summed E-state index contributed by atoms with van der Waals surface area (Å²) in [6.45, 7) is 9.60. The monoisotopic (exact) mass is 277 g/mol. The summed E-state index contributed by atoms with van der Waals surface area (Å²) in [6, 6.07) is 7.71. The highest BCUT2D eigenvalue weighted by atomic mass is 16.4. The molecule has 0 fully saturated rings. The third-order valence-corrected chi connectivity index (χ3v) is 3.30. The van der Waals surface area contributed by atoms with Crippen molar-refractivity contribution >= 4 is 17.6 Å². The molecule has 1 rings (SSSR count). The lowest BCUT2D eigenvalue weighted by Gasteiger charge is -2.25. The first kappa shape index (κ1) is 16.2. The average molecular weight is 277 g/mol. The van der Waals surface area contributed by atoms with Crippen LogP contribution >= 0.6 is 0 Å². The maximum atomic E-state index is 11.7. The van der Waals surface area contributed by atoms with Gasteiger partial charge in [0.25, 0.3) is 0 Å². The molecule has 0 spiro atoms. The Morgan fingerprint density at radius 1 is 1.20 bits per heavy atom. The number of hydrogen-bond donors (Lipinski definition) is 1. The van der Waals surface area contributed by atoms with Crippen molar-refractivity contribution < 1.29 is 14.7 Å². The zero-order valence-corrected chi connectivity index (χ0v) is 12.8. The number of hydrogen-bond acceptors (Lipinski definition) is 2. The molecule has 1 atom stereocenters. The fourth-order valence-electron chi connectivity index (χ4n) is 1.91. The molecule has 20 heavy (non-hydrogen) atoms. The molecule has 0 heterocycles. The normalized spacial score (nSPS) is 12.8. The van der Waals surface area contributed by atoms with Crippen molar-refractivity contribution in [3.05, 3.63) is 29.8 Å². The second kappa shape index (κ2) is 6.07. The van der Waals surface area contributed by atoms with Gasteiger partial charge < -0.3 is 10.0 Å². The van der Waals surface area contributed by atoms with Crippen LogP contribution in [-0.2, 0) is 15.0 Å². The Balaban J connectivity index is 2.99. The van der Waals surface area contributed by atoms with Gasteiger partial charge in [-0.05, 0) is 23.1 Å². The highest BCUT2D eigenvalue weighted by Crippen LogP contribution is 2.25. The van der Waals surface area contributed by atoms with Crippen molar-refractivity contribution in [1.29, 1.82) is 0 Å². The maximum absolute atomic E-state index is 11.7. The smallest absolute Gasteiger partial charge is 0.308 e. The SMILES string of the molecule is CC(=O)N(CC(C)C(=O)O)c1ccc(C(C)(C)C)cc1. The van der Waals surface area contributed by atoms with E-state index in [0.717, 1.165) is 5.69 Å². The molecular weight excluding hydrogens is 254 g/mol. The maximum Gasteiger partial charge on any atom is 0.308 e. The predicted octanol–water partition coefficient (Wildman–Crippen LogP) is 3.06. The lowest BCUT2D eigenvalue weighted by Crippen LogP contribution is -2.35. The van der Waals surface area contributed by atoms with E-state index in [1.54, 1.807) is 6.92 Å². The second-order valence-corrected chi connectivity index (χ2v) is 6.17. The molecule has 0 saturated heterocycles. The fraction of sp³-hybridized carbons (Fsp3) is 0.500. The summed E-state index contributed by atoms with van der Waals surface area (Å²) in [7, 11) is 0. The van der Waals surface area contributed by atoms with Gasteiger partial charge in [-0.1, -0.05) is 39.8 Å². The molecule has 0 aliphatic heterocycles. The van der Waals surface area contributed by atoms with Crippen LogP contribution in [0.25, 0.3) is 0 Å². The van der Waals surface area contributed by atoms with E-state index in [1.165, 1.54) is 17.4 Å². The van der Waals surface area contributed by atoms with E-state index in [1.807, 2.05) is 24.3 Å². The molecule has 1 aromatic carbocycles. The molecule has 4 heteroatoms. The minimum absolute atomic E-state index is 0.0495. The highest BCUT2D eigenvalue weighted by molar-refractivity contribution is 5.92. The largest absolute Gasteiger partial charge is 0.481 e. The molecule has 0 radical (unpaired) electrons. The van der Waals surface area contributed by atoms with Crippen LogP contribution in [0.15, 0.2) is 24.3 Å². The van der Waals surface area contributed by atoms with E-state index in [2.05, 4.69) is 20.8 Å². The van der Waals surface area contributed by atoms with E-state index in [-0.39, 0.29) is 17.9 Å². The van der Waals surface area contributed by atoms with Gasteiger partial charge in [0.05, 0.1) is 5.92 Å². The lowest BCUT2D eigenvalue weighted by atomic mass is 9.87. The Kier molecular flexibility index (Phi) is 4.93. The van der Waals surface area contributed by atoms with E-state index < -0.39 is 11.9 Å². The minimum Gasteiger partial charge on any atom is -0.481 e. The summed E-state index contributed by atoms with van der Waals surface area (Å²) in [5.74, 6) is -1.65. The minimum atomic E-state index is -0.900. The summed E-state index contributed by atoms with van der Waals surface area (Å²) in [5.41, 5.74) is 1.96. The quantitative estimate of drug-likeness (QED) is 0.920. The van der Waals surface area contributed by atoms with Crippen LogP contribution in [0.1, 0.15) is 40.2 Å². The molecule has 1 unspecified atom stereocenters. The van der Waals surface area contributed by atoms with Crippen molar-refractivity contribution in [2.75, 3.05) is 11.4 Å². The topological polar surface area (TPSA) is 57.6 Å². The molecule has 1 N–H and O–H groups in total. The standard InChI is InChI=1S/C16H23NO3/c1-11(15(19)20)10-17(12(2)18)14-8-6-13(7-9-14)16(3,4)5/h6-9,11H,10H2,1-5H3,(H,19,20). The summed E-state index contributed by atoms with van der Waals surface area (Å²) in [5, 5.41) is 8.97. The lowest BCUT2D eigenvalue weighted by molar-refractivity contribution is -0.140. The van der Waals surface area contributed by atoms with Gasteiger partial charge in [-0.25, -0.2) is 0 Å². The van der Waals surface area contributed by atoms with Crippen molar-refractivity contribution in [3.63, 3.8) is 0 Å². The van der Waals surface area contributed by atoms with E-state index >= 15 is 0 Å². The van der Waals surface area contributed by atoms with Crippen LogP contribution < -0.4 is 4.90 Å². The number of carboxylic acid groups (broad SMARTS) is 1. The van der Waals surface area contributed by atoms with Gasteiger partial charge in [-0.2, -0.15) is 0 Å². The first-order valence-corrected chi connectivity index (χ1v) is 6.74. The molecular formula is C16H23NO3. The number of rotatable bonds is 4. The van der Waals surface area contributed by atoms with E-state index in [0.29, 0.717) is 0 Å². The van der Waals surface area contributed by atoms with Crippen LogP contribution in [0.2, 0.25) is 0 Å². The van der Waals surface area contributed by atoms with Gasteiger partial charge in [-0.15, -0.1) is 0 Å². The van der Waals surface area contributed by atoms with Crippen molar-refractivity contribution in [2.45, 2.75) is 40.0 Å². The molecule has 0 saturated carbocycles. The zero-order chi connectivity index (χ0) is 15.5. The Bertz CT molecular complexity index is 485. The van der Waals surface area contributed by atoms with E-state index in [9.17, 15) is 9.59 Å². The number of aliphatic carboxylic acids is 1. The van der Waals surface area contributed by atoms with Gasteiger partial charge in [0.15, 0.2) is 0 Å². The van der Waals surface area contributed by atoms with Crippen LogP contribution in [0.5, 0.6) is 0 Å². The Hall–Kier alpha value is -1.84. The number of benzene rings is 1. The third-order valence-electron chi connectivity index (χ3n) is 3.30. The van der Waals surface area contributed by atoms with Crippen molar-refractivity contribution in [1.82, 2.24) is 0 Å². The molecule has 0 aliphatic rings. The first-order chi connectivity index (χ1) is 9.12. The van der Waals surface area contributed by atoms with E-state index in [4.69, 9.17) is 5.11 Å². The summed E-state index contributed by atoms with van der Waals surface area (Å²) < 4.78 is 0. The van der Waals surface area contributed by atoms with Gasteiger partial charge in [0, 0.05) is 19.2 Å². The number of anilines is 1. The first-order valence-electron chi connectivity index (χ1n) is 6.74. The molecule has 0 aliphatic carbocycles. The van der Waals surface area contributed by atoms with Crippen molar-refractivity contribution in [2.24, 2.45) is 5.92 Å². The highest BCUT2D eigenvalue weighted by Gasteiger charge is 2.20. The van der Waals surface area contributed by atoms with Gasteiger partial charge in [0.2, 0.25) is 5.91 Å². The number of nitrogens with zero attached hydrogens (tertiary/aromatic N) is 1. The van der Waals surface area contributed by atoms with Gasteiger partial charge >= 0.3 is 5.97 Å². The number of carbonyl (C=O) groups excluding carboxylic acids is 1. The summed E-state index contributed by atoms with van der Waals surface area (Å²) >= 11 is 0. The van der Waals surface area contributed by atoms with Crippen molar-refractivity contribution in [3.8, 4) is 0 Å². The van der Waals surface area contributed by atoms with Crippen LogP contribution in [0, 0.1) is 5.92 Å². The predicted molar refractivity (Wildman–Crippen MR) is 80.0 cm³/mol. The van der Waals surface area contributed by atoms with Gasteiger partial charge in [-0.3, -0.25) is 9.59 Å². The second-order valence-electron chi connectivity index (χ2n) is 6.17. The molecule has 0 aromatic heterocycles. The van der Waals surface area contributed by atoms with Gasteiger partial charge in [0.1, 0.15) is 0 Å². The Labute approximate surface area is 120 Å². The number of carbonyl (C=O) groups is 2. The third kappa shape index (κ3) is 4.08. The molecule has 0 bridgehead atoms. The Morgan fingerprint density at radius 2 is 1.70 bits per heavy atom.